The van der Waals surface area contributed by atoms with Crippen molar-refractivity contribution >= 4 is 46.7 Å². The number of aliphatic hydroxyl groups is 3. The van der Waals surface area contributed by atoms with E-state index in [9.17, 15) is 15.3 Å². The first-order chi connectivity index (χ1) is 33.7. The minimum absolute atomic E-state index is 0.0604. The molecule has 0 aromatic carbocycles. The zero-order valence-electron chi connectivity index (χ0n) is 43.4. The maximum absolute atomic E-state index is 16.8. The lowest BCUT2D eigenvalue weighted by Crippen LogP contribution is -2.65. The number of aliphatic hydroxyl groups excluding tert-OH is 2. The minimum atomic E-state index is -3.30. The van der Waals surface area contributed by atoms with E-state index in [-0.39, 0.29) is 60.5 Å². The summed E-state index contributed by atoms with van der Waals surface area (Å²) in [5.41, 5.74) is -6.91. The molecule has 5 heterocycles. The first kappa shape index (κ1) is 50.8. The number of nitrogens with one attached hydrogen (secondary N) is 2. The van der Waals surface area contributed by atoms with Crippen molar-refractivity contribution in [3.05, 3.63) is 57.7 Å². The predicted molar refractivity (Wildman–Crippen MR) is 260 cm³/mol. The van der Waals surface area contributed by atoms with Gasteiger partial charge in [0.15, 0.2) is 34.5 Å². The summed E-state index contributed by atoms with van der Waals surface area (Å²) in [4.78, 5) is 125. The first-order valence-corrected chi connectivity index (χ1v) is 26.5. The third-order valence-electron chi connectivity index (χ3n) is 19.8. The van der Waals surface area contributed by atoms with Crippen LogP contribution in [-0.4, -0.2) is 110 Å². The molecule has 5 fully saturated rings. The number of amides is 2. The van der Waals surface area contributed by atoms with Gasteiger partial charge in [-0.3, -0.25) is 38.4 Å². The van der Waals surface area contributed by atoms with E-state index in [0.717, 1.165) is 16.7 Å². The van der Waals surface area contributed by atoms with E-state index < -0.39 is 153 Å². The van der Waals surface area contributed by atoms with E-state index >= 15 is 38.4 Å². The van der Waals surface area contributed by atoms with Gasteiger partial charge in [-0.25, -0.2) is 0 Å². The van der Waals surface area contributed by atoms with Gasteiger partial charge in [0.1, 0.15) is 17.6 Å². The third kappa shape index (κ3) is 6.34. The number of esters is 1. The Labute approximate surface area is 421 Å². The molecule has 5 aliphatic heterocycles. The van der Waals surface area contributed by atoms with Gasteiger partial charge in [0, 0.05) is 35.8 Å². The molecular weight excluding hydrogens is 921 g/mol. The largest absolute Gasteiger partial charge is 0.447 e. The Kier molecular flexibility index (Phi) is 11.9. The zero-order chi connectivity index (χ0) is 52.4. The summed E-state index contributed by atoms with van der Waals surface area (Å²) in [6.07, 6.45) is 1.48. The average Bonchev–Trinajstić information content (AvgIpc) is 4.05. The lowest BCUT2D eigenvalue weighted by atomic mass is 9.48. The van der Waals surface area contributed by atoms with Crippen LogP contribution in [0.1, 0.15) is 115 Å². The highest BCUT2D eigenvalue weighted by atomic mass is 16.6. The second kappa shape index (κ2) is 16.9. The Morgan fingerprint density at radius 3 is 1.79 bits per heavy atom. The van der Waals surface area contributed by atoms with Gasteiger partial charge in [-0.1, -0.05) is 88.1 Å². The predicted octanol–water partition coefficient (Wildman–Crippen LogP) is 4.36. The van der Waals surface area contributed by atoms with Gasteiger partial charge in [-0.2, -0.15) is 0 Å². The molecule has 0 aromatic heterocycles. The van der Waals surface area contributed by atoms with Gasteiger partial charge in [-0.05, 0) is 108 Å². The molecule has 10 rings (SSSR count). The van der Waals surface area contributed by atoms with Crippen molar-refractivity contribution in [2.75, 3.05) is 0 Å². The summed E-state index contributed by atoms with van der Waals surface area (Å²) in [6, 6.07) is -0.991. The van der Waals surface area contributed by atoms with Crippen LogP contribution in [0.15, 0.2) is 57.7 Å². The highest BCUT2D eigenvalue weighted by Gasteiger charge is 2.88. The quantitative estimate of drug-likeness (QED) is 0.150. The van der Waals surface area contributed by atoms with Crippen molar-refractivity contribution in [2.45, 2.75) is 162 Å². The number of Topliss-reactive ketones (excluding diaryl/α,β-unsaturated/α-hetero) is 5. The van der Waals surface area contributed by atoms with E-state index in [0.29, 0.717) is 18.4 Å². The molecule has 5 aliphatic carbocycles. The van der Waals surface area contributed by atoms with Gasteiger partial charge < -0.3 is 35.4 Å². The smallest absolute Gasteiger partial charge is 0.312 e. The summed E-state index contributed by atoms with van der Waals surface area (Å²) in [6.45, 7) is 20.8. The third-order valence-corrected chi connectivity index (χ3v) is 19.8. The van der Waals surface area contributed by atoms with Crippen molar-refractivity contribution in [3.8, 4) is 0 Å². The molecular formula is C57H72N2O13. The number of hydrogen-bond acceptors (Lipinski definition) is 13. The summed E-state index contributed by atoms with van der Waals surface area (Å²) < 4.78 is 13.7. The van der Waals surface area contributed by atoms with Crippen LogP contribution in [0.3, 0.4) is 0 Å². The van der Waals surface area contributed by atoms with Crippen LogP contribution in [0.5, 0.6) is 0 Å². The molecule has 10 aliphatic rings. The molecule has 2 amide bonds. The second-order valence-corrected chi connectivity index (χ2v) is 24.6. The molecule has 4 saturated heterocycles. The number of rotatable bonds is 4. The van der Waals surface area contributed by atoms with Crippen LogP contribution >= 0.6 is 0 Å². The van der Waals surface area contributed by atoms with Gasteiger partial charge in [0.2, 0.25) is 11.5 Å². The number of carbonyl (C=O) groups is 8. The van der Waals surface area contributed by atoms with Crippen molar-refractivity contribution < 1.29 is 63.1 Å². The SMILES string of the molecule is CC1=C[C@@H]2/C=C(\C)CC[C@@H](O)C(=O)[C@@H]3[C@@H](C(=O)O[C@]24C(=O)N[C@@H](CC(C)C)[C@@H]4[C@@H]1C)[C@@]12C(=O)[C@]3(O)C(=O)C(C)=C1[C@H]1O[C@@H]2[C@H]2C(=O)[C@@]34C(=O)N[C@@H](CC(C)C)[C@@H]3[C@H](C)C(C)=C[C@@H]4/C=C(\C)CC[C@@H](O)C(=O)[C@@H]21. The van der Waals surface area contributed by atoms with Gasteiger partial charge in [0.05, 0.1) is 41.3 Å². The fraction of sp³-hybridized carbons (Fsp3) is 0.684. The van der Waals surface area contributed by atoms with E-state index in [4.69, 9.17) is 9.47 Å². The number of fused-ring (bicyclic) bond motifs is 9. The molecule has 388 valence electrons. The summed E-state index contributed by atoms with van der Waals surface area (Å²) >= 11 is 0. The Morgan fingerprint density at radius 2 is 1.19 bits per heavy atom. The standard InChI is InChI=1S/C57H72N2O13/c1-22(2)16-33-39-28(9)26(7)20-31-18-24(5)12-14-35(60)44(62)37-38(48(65)54(31,39)52(68)58-33)49-55-41(46(37)71-49)30(11)47(64)56(70,51(55)67)42-43(55)50(66)72-57-32(19-25(6)13-15-36(61)45(42)63)21-27(8)29(10)40(57)34(17-23(3)4)59-53(57)69/h18-23,28-29,31-40,42-43,46,49,60-61,70H,12-17H2,1-11H3,(H,58,68)(H,59,69)/b24-18+,25-19+/t28-,29-,31+,32+,33+,34+,35-,36-,37-,38-,39+,40+,42+,43+,46+,49-,54+,55+,56-,57-/m1/s1. The maximum Gasteiger partial charge on any atom is 0.312 e. The summed E-state index contributed by atoms with van der Waals surface area (Å²) in [5, 5.41) is 43.2. The Balaban J connectivity index is 1.24. The average molecular weight is 993 g/mol. The number of carbonyl (C=O) groups excluding carboxylic acids is 8. The lowest BCUT2D eigenvalue weighted by molar-refractivity contribution is -0.188. The van der Waals surface area contributed by atoms with Crippen LogP contribution in [0.25, 0.3) is 0 Å². The Hall–Kier alpha value is -4.70. The number of hydrogen-bond donors (Lipinski definition) is 5. The summed E-state index contributed by atoms with van der Waals surface area (Å²) in [7, 11) is 0. The maximum atomic E-state index is 16.8. The van der Waals surface area contributed by atoms with Crippen LogP contribution in [-0.2, 0) is 47.8 Å². The summed E-state index contributed by atoms with van der Waals surface area (Å²) in [5.74, 6) is -19.1. The second-order valence-electron chi connectivity index (χ2n) is 24.6. The molecule has 72 heavy (non-hydrogen) atoms. The van der Waals surface area contributed by atoms with E-state index in [1.165, 1.54) is 6.92 Å². The highest BCUT2D eigenvalue weighted by molar-refractivity contribution is 6.29. The molecule has 4 bridgehead atoms. The Bertz CT molecular complexity index is 2670. The number of ether oxygens (including phenoxy) is 2. The van der Waals surface area contributed by atoms with Crippen molar-refractivity contribution in [3.63, 3.8) is 0 Å². The lowest BCUT2D eigenvalue weighted by Gasteiger charge is -2.50. The van der Waals surface area contributed by atoms with E-state index in [1.54, 1.807) is 6.92 Å². The fourth-order valence-electron chi connectivity index (χ4n) is 16.6. The van der Waals surface area contributed by atoms with Gasteiger partial charge in [0.25, 0.3) is 5.91 Å². The monoisotopic (exact) mass is 993 g/mol. The van der Waals surface area contributed by atoms with Crippen molar-refractivity contribution in [2.24, 2.45) is 81.8 Å². The van der Waals surface area contributed by atoms with Gasteiger partial charge >= 0.3 is 5.97 Å². The topological polar surface area (TPSA) is 240 Å². The molecule has 3 spiro atoms. The van der Waals surface area contributed by atoms with E-state index in [2.05, 4.69) is 10.6 Å². The Morgan fingerprint density at radius 1 is 0.667 bits per heavy atom. The molecule has 0 unspecified atom stereocenters. The van der Waals surface area contributed by atoms with Crippen molar-refractivity contribution in [1.29, 1.82) is 0 Å². The molecule has 5 N–H and O–H groups in total. The fourth-order valence-corrected chi connectivity index (χ4v) is 16.6. The molecule has 15 heteroatoms. The van der Waals surface area contributed by atoms with Gasteiger partial charge in [-0.15, -0.1) is 0 Å². The zero-order valence-corrected chi connectivity index (χ0v) is 43.4. The van der Waals surface area contributed by atoms with Crippen LogP contribution in [0.2, 0.25) is 0 Å². The normalized spacial score (nSPS) is 48.2. The highest BCUT2D eigenvalue weighted by Crippen LogP contribution is 2.72. The minimum Gasteiger partial charge on any atom is -0.447 e. The molecule has 1 saturated carbocycles. The van der Waals surface area contributed by atoms with Crippen LogP contribution < -0.4 is 10.6 Å². The molecule has 20 atom stereocenters. The number of allylic oxidation sites excluding steroid dienone is 6. The molecule has 0 aromatic rings. The van der Waals surface area contributed by atoms with Crippen molar-refractivity contribution in [1.82, 2.24) is 10.6 Å². The first-order valence-electron chi connectivity index (χ1n) is 26.5. The van der Waals surface area contributed by atoms with E-state index in [1.807, 2.05) is 86.6 Å². The van der Waals surface area contributed by atoms with Crippen LogP contribution in [0, 0.1) is 81.8 Å². The number of ketones is 5. The van der Waals surface area contributed by atoms with Crippen LogP contribution in [0.4, 0.5) is 0 Å². The molecule has 15 nitrogen and oxygen atoms in total. The molecule has 0 radical (unpaired) electrons.